The number of pyridine rings is 1. The molecule has 7 heteroatoms. The summed E-state index contributed by atoms with van der Waals surface area (Å²) >= 11 is 0. The first-order valence-corrected chi connectivity index (χ1v) is 12.6. The molecular weight excluding hydrogens is 450 g/mol. The van der Waals surface area contributed by atoms with E-state index in [9.17, 15) is 13.2 Å². The summed E-state index contributed by atoms with van der Waals surface area (Å²) in [6, 6.07) is 19.4. The van der Waals surface area contributed by atoms with E-state index < -0.39 is 15.3 Å². The highest BCUT2D eigenvalue weighted by Crippen LogP contribution is 2.25. The van der Waals surface area contributed by atoms with Crippen molar-refractivity contribution < 1.29 is 17.9 Å². The molecule has 0 N–H and O–H groups in total. The molecule has 1 heterocycles. The van der Waals surface area contributed by atoms with E-state index in [4.69, 9.17) is 9.47 Å². The SMILES string of the molecule is CCOc1ccc2c(c1)c(=O)c(S(=O)(=O)c1ccc(CC)cc1)cn2Cc1cccc(OC)c1. The van der Waals surface area contributed by atoms with Crippen molar-refractivity contribution in [3.63, 3.8) is 0 Å². The van der Waals surface area contributed by atoms with Crippen LogP contribution in [0.1, 0.15) is 25.0 Å². The van der Waals surface area contributed by atoms with Crippen molar-refractivity contribution in [1.82, 2.24) is 4.57 Å². The number of methoxy groups -OCH3 is 1. The maximum atomic E-state index is 13.5. The second-order valence-corrected chi connectivity index (χ2v) is 9.83. The molecule has 0 fully saturated rings. The molecule has 3 aromatic carbocycles. The number of rotatable bonds is 8. The van der Waals surface area contributed by atoms with Crippen LogP contribution in [0.25, 0.3) is 10.9 Å². The molecule has 0 bridgehead atoms. The van der Waals surface area contributed by atoms with Crippen LogP contribution in [0.5, 0.6) is 11.5 Å². The third kappa shape index (κ3) is 4.56. The molecular formula is C27H27NO5S. The Morgan fingerprint density at radius 1 is 0.882 bits per heavy atom. The summed E-state index contributed by atoms with van der Waals surface area (Å²) in [4.78, 5) is 13.3. The second kappa shape index (κ2) is 9.73. The third-order valence-electron chi connectivity index (χ3n) is 5.75. The lowest BCUT2D eigenvalue weighted by atomic mass is 10.1. The average molecular weight is 478 g/mol. The number of ether oxygens (including phenoxy) is 2. The first kappa shape index (κ1) is 23.6. The summed E-state index contributed by atoms with van der Waals surface area (Å²) in [6.07, 6.45) is 2.23. The molecule has 0 aliphatic rings. The molecule has 0 saturated heterocycles. The largest absolute Gasteiger partial charge is 0.497 e. The molecule has 4 rings (SSSR count). The molecule has 0 aliphatic heterocycles. The van der Waals surface area contributed by atoms with E-state index in [2.05, 4.69) is 0 Å². The number of sulfone groups is 1. The van der Waals surface area contributed by atoms with Gasteiger partial charge >= 0.3 is 0 Å². The fraction of sp³-hybridized carbons (Fsp3) is 0.222. The molecule has 1 aromatic heterocycles. The van der Waals surface area contributed by atoms with Crippen LogP contribution in [0.2, 0.25) is 0 Å². The van der Waals surface area contributed by atoms with E-state index in [-0.39, 0.29) is 9.79 Å². The van der Waals surface area contributed by atoms with E-state index in [0.29, 0.717) is 35.6 Å². The third-order valence-corrected chi connectivity index (χ3v) is 7.51. The Morgan fingerprint density at radius 2 is 1.65 bits per heavy atom. The van der Waals surface area contributed by atoms with Crippen molar-refractivity contribution in [2.75, 3.05) is 13.7 Å². The quantitative estimate of drug-likeness (QED) is 0.363. The number of aryl methyl sites for hydroxylation is 1. The standard InChI is InChI=1S/C27H27NO5S/c1-4-19-9-12-23(13-10-19)34(30,31)26-18-28(17-20-7-6-8-21(15-20)32-3)25-14-11-22(33-5-2)16-24(25)27(26)29/h6-16,18H,4-5,17H2,1-3H3. The minimum atomic E-state index is -4.04. The Labute approximate surface area is 199 Å². The lowest BCUT2D eigenvalue weighted by Gasteiger charge is -2.15. The fourth-order valence-corrected chi connectivity index (χ4v) is 5.30. The molecule has 0 unspecified atom stereocenters. The molecule has 0 saturated carbocycles. The van der Waals surface area contributed by atoms with Crippen LogP contribution in [0, 0.1) is 0 Å². The predicted octanol–water partition coefficient (Wildman–Crippen LogP) is 4.85. The van der Waals surface area contributed by atoms with E-state index in [1.807, 2.05) is 38.1 Å². The molecule has 34 heavy (non-hydrogen) atoms. The Kier molecular flexibility index (Phi) is 6.75. The lowest BCUT2D eigenvalue weighted by Crippen LogP contribution is -2.20. The molecule has 0 atom stereocenters. The smallest absolute Gasteiger partial charge is 0.211 e. The van der Waals surface area contributed by atoms with Crippen molar-refractivity contribution in [3.05, 3.63) is 94.3 Å². The van der Waals surface area contributed by atoms with Gasteiger partial charge in [-0.05, 0) is 66.9 Å². The number of fused-ring (bicyclic) bond motifs is 1. The van der Waals surface area contributed by atoms with Gasteiger partial charge in [-0.2, -0.15) is 0 Å². The fourth-order valence-electron chi connectivity index (χ4n) is 3.93. The summed E-state index contributed by atoms with van der Waals surface area (Å²) in [5, 5.41) is 0.292. The normalized spacial score (nSPS) is 11.5. The van der Waals surface area contributed by atoms with Crippen molar-refractivity contribution in [1.29, 1.82) is 0 Å². The molecule has 4 aromatic rings. The van der Waals surface area contributed by atoms with E-state index in [1.54, 1.807) is 54.1 Å². The lowest BCUT2D eigenvalue weighted by molar-refractivity contribution is 0.340. The highest BCUT2D eigenvalue weighted by atomic mass is 32.2. The maximum absolute atomic E-state index is 13.5. The number of hydrogen-bond donors (Lipinski definition) is 0. The van der Waals surface area contributed by atoms with Crippen LogP contribution in [-0.4, -0.2) is 26.7 Å². The first-order chi connectivity index (χ1) is 16.4. The van der Waals surface area contributed by atoms with Gasteiger partial charge in [0.2, 0.25) is 15.3 Å². The summed E-state index contributed by atoms with van der Waals surface area (Å²) in [6.45, 7) is 4.65. The average Bonchev–Trinajstić information content (AvgIpc) is 2.86. The minimum Gasteiger partial charge on any atom is -0.497 e. The molecule has 0 radical (unpaired) electrons. The second-order valence-electron chi connectivity index (χ2n) is 7.91. The van der Waals surface area contributed by atoms with E-state index >= 15 is 0 Å². The Bertz CT molecular complexity index is 1490. The van der Waals surface area contributed by atoms with Gasteiger partial charge in [-0.15, -0.1) is 0 Å². The predicted molar refractivity (Wildman–Crippen MR) is 133 cm³/mol. The summed E-state index contributed by atoms with van der Waals surface area (Å²) < 4.78 is 39.8. The van der Waals surface area contributed by atoms with Crippen molar-refractivity contribution in [2.24, 2.45) is 0 Å². The number of benzene rings is 3. The van der Waals surface area contributed by atoms with Gasteiger partial charge in [0, 0.05) is 12.7 Å². The van der Waals surface area contributed by atoms with Gasteiger partial charge < -0.3 is 14.0 Å². The van der Waals surface area contributed by atoms with Crippen LogP contribution >= 0.6 is 0 Å². The van der Waals surface area contributed by atoms with Crippen molar-refractivity contribution >= 4 is 20.7 Å². The first-order valence-electron chi connectivity index (χ1n) is 11.1. The Hall–Kier alpha value is -3.58. The van der Waals surface area contributed by atoms with Gasteiger partial charge in [-0.25, -0.2) is 8.42 Å². The van der Waals surface area contributed by atoms with Gasteiger partial charge in [0.15, 0.2) is 0 Å². The van der Waals surface area contributed by atoms with Gasteiger partial charge in [-0.3, -0.25) is 4.79 Å². The minimum absolute atomic E-state index is 0.0926. The van der Waals surface area contributed by atoms with Gasteiger partial charge in [-0.1, -0.05) is 31.2 Å². The van der Waals surface area contributed by atoms with Crippen molar-refractivity contribution in [2.45, 2.75) is 36.6 Å². The molecule has 0 amide bonds. The van der Waals surface area contributed by atoms with Crippen LogP contribution in [0.3, 0.4) is 0 Å². The summed E-state index contributed by atoms with van der Waals surface area (Å²) in [5.74, 6) is 1.22. The summed E-state index contributed by atoms with van der Waals surface area (Å²) in [5.41, 5.74) is 2.01. The van der Waals surface area contributed by atoms with E-state index in [1.165, 1.54) is 6.20 Å². The Balaban J connectivity index is 1.93. The monoisotopic (exact) mass is 477 g/mol. The van der Waals surface area contributed by atoms with Gasteiger partial charge in [0.05, 0.1) is 29.5 Å². The summed E-state index contributed by atoms with van der Waals surface area (Å²) in [7, 11) is -2.44. The van der Waals surface area contributed by atoms with Crippen LogP contribution in [-0.2, 0) is 22.8 Å². The molecule has 0 aliphatic carbocycles. The zero-order valence-corrected chi connectivity index (χ0v) is 20.3. The topological polar surface area (TPSA) is 74.6 Å². The number of aromatic nitrogens is 1. The van der Waals surface area contributed by atoms with E-state index in [0.717, 1.165) is 17.5 Å². The Morgan fingerprint density at radius 3 is 2.32 bits per heavy atom. The van der Waals surface area contributed by atoms with Gasteiger partial charge in [0.1, 0.15) is 16.4 Å². The molecule has 176 valence electrons. The van der Waals surface area contributed by atoms with Gasteiger partial charge in [0.25, 0.3) is 0 Å². The number of nitrogens with zero attached hydrogens (tertiary/aromatic N) is 1. The molecule has 0 spiro atoms. The zero-order chi connectivity index (χ0) is 24.3. The van der Waals surface area contributed by atoms with Crippen LogP contribution < -0.4 is 14.9 Å². The van der Waals surface area contributed by atoms with Crippen molar-refractivity contribution in [3.8, 4) is 11.5 Å². The van der Waals surface area contributed by atoms with Crippen LogP contribution in [0.4, 0.5) is 0 Å². The molecule has 6 nitrogen and oxygen atoms in total. The highest BCUT2D eigenvalue weighted by molar-refractivity contribution is 7.91. The number of hydrogen-bond acceptors (Lipinski definition) is 5. The van der Waals surface area contributed by atoms with Crippen LogP contribution in [0.15, 0.2) is 87.5 Å². The maximum Gasteiger partial charge on any atom is 0.211 e. The zero-order valence-electron chi connectivity index (χ0n) is 19.4. The highest BCUT2D eigenvalue weighted by Gasteiger charge is 2.24.